The first-order valence-electron chi connectivity index (χ1n) is 12.7. The molecule has 0 radical (unpaired) electrons. The van der Waals surface area contributed by atoms with Crippen molar-refractivity contribution in [2.24, 2.45) is 5.41 Å². The molecule has 4 atom stereocenters. The number of hydrogen-bond donors (Lipinski definition) is 2. The Hall–Kier alpha value is -4.34. The molecule has 13 heteroatoms. The van der Waals surface area contributed by atoms with Gasteiger partial charge in [0.1, 0.15) is 16.0 Å². The molecule has 3 aromatic rings. The van der Waals surface area contributed by atoms with Crippen LogP contribution in [0.25, 0.3) is 11.1 Å². The number of piperidine rings is 1. The van der Waals surface area contributed by atoms with Crippen LogP contribution in [0.15, 0.2) is 28.8 Å². The number of amides is 3. The molecule has 12 nitrogen and oxygen atoms in total. The molecule has 2 fully saturated rings. The molecule has 1 spiro atoms. The minimum Gasteiger partial charge on any atom is -0.372 e. The highest BCUT2D eigenvalue weighted by Gasteiger charge is 2.63. The molecule has 2 N–H and O–H groups in total. The van der Waals surface area contributed by atoms with Crippen molar-refractivity contribution in [3.05, 3.63) is 51.8 Å². The third-order valence-electron chi connectivity index (χ3n) is 7.72. The fourth-order valence-corrected chi connectivity index (χ4v) is 6.46. The van der Waals surface area contributed by atoms with Crippen LogP contribution in [-0.4, -0.2) is 58.4 Å². The number of imide groups is 1. The molecule has 40 heavy (non-hydrogen) atoms. The summed E-state index contributed by atoms with van der Waals surface area (Å²) in [5, 5.41) is 18.3. The van der Waals surface area contributed by atoms with E-state index in [0.717, 1.165) is 0 Å². The molecule has 2 saturated heterocycles. The number of anilines is 1. The minimum atomic E-state index is -1.64. The Balaban J connectivity index is 1.43. The van der Waals surface area contributed by atoms with Gasteiger partial charge in [-0.3, -0.25) is 24.5 Å². The standard InChI is InChI=1S/C27H23ClN6O6/c1-12-11-34-22-16(8-27(24(34)13(2)39-12)17(35)7-18(36)32-26(27)38)31-20-21(33-40-23(20)19(22)28)25(37)30-10-15-5-3-4-14(6-15)9-29/h3-6,12-13,24H,7-8,10-11H2,1-2H3,(H,30,37)(H,32,36,38)/t12-,13+,24-,27?/m1/s1. The molecule has 2 aromatic heterocycles. The van der Waals surface area contributed by atoms with E-state index in [0.29, 0.717) is 29.1 Å². The molecule has 0 bridgehead atoms. The number of pyridine rings is 1. The van der Waals surface area contributed by atoms with Crippen LogP contribution in [0.5, 0.6) is 0 Å². The second kappa shape index (κ2) is 9.39. The number of halogens is 1. The van der Waals surface area contributed by atoms with Crippen molar-refractivity contribution in [1.82, 2.24) is 20.8 Å². The van der Waals surface area contributed by atoms with Crippen LogP contribution in [0.3, 0.4) is 0 Å². The predicted octanol–water partition coefficient (Wildman–Crippen LogP) is 1.82. The molecular formula is C27H23ClN6O6. The van der Waals surface area contributed by atoms with Crippen molar-refractivity contribution in [3.8, 4) is 6.07 Å². The number of morpholine rings is 1. The highest BCUT2D eigenvalue weighted by Crippen LogP contribution is 2.50. The topological polar surface area (TPSA) is 168 Å². The van der Waals surface area contributed by atoms with Gasteiger partial charge in [-0.1, -0.05) is 28.9 Å². The summed E-state index contributed by atoms with van der Waals surface area (Å²) < 4.78 is 11.5. The normalized spacial score (nSPS) is 25.8. The third-order valence-corrected chi connectivity index (χ3v) is 8.07. The Morgan fingerprint density at radius 2 is 2.12 bits per heavy atom. The lowest BCUT2D eigenvalue weighted by molar-refractivity contribution is -0.158. The van der Waals surface area contributed by atoms with E-state index in [9.17, 15) is 19.2 Å². The van der Waals surface area contributed by atoms with Gasteiger partial charge in [0, 0.05) is 19.5 Å². The number of ether oxygens (including phenoxy) is 1. The maximum absolute atomic E-state index is 13.5. The fraction of sp³-hybridized carbons (Fsp3) is 0.370. The molecule has 1 unspecified atom stereocenters. The quantitative estimate of drug-likeness (QED) is 0.355. The number of hydrogen-bond acceptors (Lipinski definition) is 10. The molecule has 3 aliphatic rings. The summed E-state index contributed by atoms with van der Waals surface area (Å²) in [6, 6.07) is 8.10. The van der Waals surface area contributed by atoms with E-state index in [1.54, 1.807) is 31.2 Å². The molecule has 6 rings (SSSR count). The summed E-state index contributed by atoms with van der Waals surface area (Å²) in [6.45, 7) is 4.07. The SMILES string of the molecule is C[C@@H]1CN2c3c(nc4c(C(=O)NCc5cccc(C#N)c5)noc4c3Cl)CC3(C(=O)CC(=O)NC3=O)[C@H]2[C@H](C)O1. The number of carbonyl (C=O) groups is 4. The van der Waals surface area contributed by atoms with E-state index in [4.69, 9.17) is 26.1 Å². The lowest BCUT2D eigenvalue weighted by Crippen LogP contribution is -2.72. The van der Waals surface area contributed by atoms with Crippen LogP contribution >= 0.6 is 11.6 Å². The van der Waals surface area contributed by atoms with Crippen LogP contribution in [0.1, 0.15) is 47.6 Å². The minimum absolute atomic E-state index is 0.0784. The van der Waals surface area contributed by atoms with E-state index in [1.807, 2.05) is 11.8 Å². The lowest BCUT2D eigenvalue weighted by Gasteiger charge is -2.55. The monoisotopic (exact) mass is 562 g/mol. The molecule has 3 amide bonds. The number of nitrogens with zero attached hydrogens (tertiary/aromatic N) is 4. The fourth-order valence-electron chi connectivity index (χ4n) is 6.12. The Bertz CT molecular complexity index is 1640. The number of rotatable bonds is 3. The number of Topliss-reactive ketones (excluding diaryl/α,β-unsaturated/α-hetero) is 1. The van der Waals surface area contributed by atoms with E-state index >= 15 is 0 Å². The smallest absolute Gasteiger partial charge is 0.276 e. The number of fused-ring (bicyclic) bond motifs is 5. The van der Waals surface area contributed by atoms with Crippen molar-refractivity contribution in [1.29, 1.82) is 5.26 Å². The summed E-state index contributed by atoms with van der Waals surface area (Å²) in [5.74, 6) is -2.47. The Kier molecular flexibility index (Phi) is 6.08. The van der Waals surface area contributed by atoms with Crippen LogP contribution in [0.2, 0.25) is 5.02 Å². The van der Waals surface area contributed by atoms with Gasteiger partial charge in [-0.2, -0.15) is 5.26 Å². The van der Waals surface area contributed by atoms with Gasteiger partial charge in [-0.15, -0.1) is 0 Å². The van der Waals surface area contributed by atoms with E-state index in [1.165, 1.54) is 0 Å². The number of nitriles is 1. The first-order chi connectivity index (χ1) is 19.1. The maximum Gasteiger partial charge on any atom is 0.276 e. The average Bonchev–Trinajstić information content (AvgIpc) is 3.34. The van der Waals surface area contributed by atoms with Crippen LogP contribution in [0.4, 0.5) is 5.69 Å². The number of benzene rings is 1. The van der Waals surface area contributed by atoms with Crippen LogP contribution < -0.4 is 15.5 Å². The van der Waals surface area contributed by atoms with Gasteiger partial charge in [0.15, 0.2) is 11.5 Å². The van der Waals surface area contributed by atoms with Crippen LogP contribution in [0, 0.1) is 16.7 Å². The summed E-state index contributed by atoms with van der Waals surface area (Å²) >= 11 is 6.86. The van der Waals surface area contributed by atoms with Crippen molar-refractivity contribution in [2.45, 2.75) is 51.5 Å². The van der Waals surface area contributed by atoms with E-state index < -0.39 is 47.5 Å². The first kappa shape index (κ1) is 25.9. The third kappa shape index (κ3) is 3.84. The van der Waals surface area contributed by atoms with Crippen molar-refractivity contribution in [3.63, 3.8) is 0 Å². The lowest BCUT2D eigenvalue weighted by atomic mass is 9.64. The van der Waals surface area contributed by atoms with Crippen molar-refractivity contribution >= 4 is 51.9 Å². The van der Waals surface area contributed by atoms with E-state index in [2.05, 4.69) is 26.8 Å². The largest absolute Gasteiger partial charge is 0.372 e. The van der Waals surface area contributed by atoms with Gasteiger partial charge in [-0.05, 0) is 31.5 Å². The van der Waals surface area contributed by atoms with Gasteiger partial charge < -0.3 is 19.5 Å². The van der Waals surface area contributed by atoms with Gasteiger partial charge in [0.25, 0.3) is 5.91 Å². The summed E-state index contributed by atoms with van der Waals surface area (Å²) in [6.07, 6.45) is -1.41. The molecular weight excluding hydrogens is 540 g/mol. The number of ketones is 1. The second-order valence-electron chi connectivity index (χ2n) is 10.3. The number of carbonyl (C=O) groups excluding carboxylic acids is 4. The van der Waals surface area contributed by atoms with Gasteiger partial charge in [0.2, 0.25) is 17.4 Å². The van der Waals surface area contributed by atoms with Crippen molar-refractivity contribution < 1.29 is 28.4 Å². The average molecular weight is 563 g/mol. The first-order valence-corrected chi connectivity index (χ1v) is 13.1. The zero-order chi connectivity index (χ0) is 28.3. The highest BCUT2D eigenvalue weighted by molar-refractivity contribution is 6.38. The predicted molar refractivity (Wildman–Crippen MR) is 139 cm³/mol. The second-order valence-corrected chi connectivity index (χ2v) is 10.7. The summed E-state index contributed by atoms with van der Waals surface area (Å²) in [7, 11) is 0. The number of aromatic nitrogens is 2. The molecule has 0 aliphatic carbocycles. The van der Waals surface area contributed by atoms with Gasteiger partial charge in [0.05, 0.1) is 47.7 Å². The van der Waals surface area contributed by atoms with Gasteiger partial charge in [-0.25, -0.2) is 4.98 Å². The Morgan fingerprint density at radius 1 is 1.32 bits per heavy atom. The molecule has 0 saturated carbocycles. The molecule has 204 valence electrons. The van der Waals surface area contributed by atoms with E-state index in [-0.39, 0.29) is 40.9 Å². The Morgan fingerprint density at radius 3 is 2.88 bits per heavy atom. The molecule has 1 aromatic carbocycles. The number of nitrogens with one attached hydrogen (secondary N) is 2. The van der Waals surface area contributed by atoms with Crippen LogP contribution in [-0.2, 0) is 32.1 Å². The van der Waals surface area contributed by atoms with Crippen molar-refractivity contribution in [2.75, 3.05) is 11.4 Å². The molecule has 5 heterocycles. The summed E-state index contributed by atoms with van der Waals surface area (Å²) in [5.41, 5.74) is 0.362. The summed E-state index contributed by atoms with van der Waals surface area (Å²) in [4.78, 5) is 58.6. The van der Waals surface area contributed by atoms with Gasteiger partial charge >= 0.3 is 0 Å². The highest BCUT2D eigenvalue weighted by atomic mass is 35.5. The Labute approximate surface area is 232 Å². The zero-order valence-electron chi connectivity index (χ0n) is 21.5. The zero-order valence-corrected chi connectivity index (χ0v) is 22.2. The molecule has 3 aliphatic heterocycles. The maximum atomic E-state index is 13.5.